The van der Waals surface area contributed by atoms with E-state index in [2.05, 4.69) is 21.6 Å². The number of nitriles is 1. The second kappa shape index (κ2) is 9.39. The number of aryl methyl sites for hydroxylation is 2. The summed E-state index contributed by atoms with van der Waals surface area (Å²) in [7, 11) is 0. The number of para-hydroxylation sites is 1. The van der Waals surface area contributed by atoms with Gasteiger partial charge in [0, 0.05) is 18.7 Å². The van der Waals surface area contributed by atoms with Crippen molar-refractivity contribution in [3.63, 3.8) is 0 Å². The maximum atomic E-state index is 12.1. The van der Waals surface area contributed by atoms with Crippen molar-refractivity contribution in [3.05, 3.63) is 53.0 Å². The second-order valence-electron chi connectivity index (χ2n) is 7.48. The lowest BCUT2D eigenvalue weighted by atomic mass is 9.96. The largest absolute Gasteiger partial charge is 0.466 e. The number of furan rings is 1. The van der Waals surface area contributed by atoms with Crippen molar-refractivity contribution in [1.82, 2.24) is 10.2 Å². The first-order valence-corrected chi connectivity index (χ1v) is 9.83. The third-order valence-electron chi connectivity index (χ3n) is 5.30. The smallest absolute Gasteiger partial charge is 0.313 e. The van der Waals surface area contributed by atoms with Gasteiger partial charge in [-0.2, -0.15) is 5.26 Å². The van der Waals surface area contributed by atoms with Crippen LogP contribution in [0, 0.1) is 31.1 Å². The van der Waals surface area contributed by atoms with E-state index in [1.165, 1.54) is 5.56 Å². The molecule has 1 saturated heterocycles. The Morgan fingerprint density at radius 3 is 2.59 bits per heavy atom. The molecular formula is C22H26N4O3. The van der Waals surface area contributed by atoms with Crippen LogP contribution >= 0.6 is 0 Å². The Kier molecular flexibility index (Phi) is 6.68. The highest BCUT2D eigenvalue weighted by molar-refractivity contribution is 6.39. The summed E-state index contributed by atoms with van der Waals surface area (Å²) >= 11 is 0. The zero-order chi connectivity index (χ0) is 20.8. The van der Waals surface area contributed by atoms with Gasteiger partial charge in [0.25, 0.3) is 0 Å². The van der Waals surface area contributed by atoms with Crippen LogP contribution in [-0.2, 0) is 16.1 Å². The Morgan fingerprint density at radius 1 is 1.21 bits per heavy atom. The lowest BCUT2D eigenvalue weighted by Crippen LogP contribution is -2.41. The molecule has 152 valence electrons. The summed E-state index contributed by atoms with van der Waals surface area (Å²) in [6, 6.07) is 10.7. The third-order valence-corrected chi connectivity index (χ3v) is 5.30. The lowest BCUT2D eigenvalue weighted by molar-refractivity contribution is -0.136. The first-order valence-electron chi connectivity index (χ1n) is 9.83. The van der Waals surface area contributed by atoms with Crippen LogP contribution in [0.25, 0.3) is 0 Å². The molecule has 2 aromatic rings. The highest BCUT2D eigenvalue weighted by Gasteiger charge is 2.22. The number of amides is 2. The van der Waals surface area contributed by atoms with Gasteiger partial charge >= 0.3 is 11.8 Å². The minimum Gasteiger partial charge on any atom is -0.466 e. The lowest BCUT2D eigenvalue weighted by Gasteiger charge is -2.31. The minimum atomic E-state index is -0.754. The molecular weight excluding hydrogens is 368 g/mol. The Balaban J connectivity index is 1.41. The van der Waals surface area contributed by atoms with Gasteiger partial charge in [0.15, 0.2) is 0 Å². The van der Waals surface area contributed by atoms with E-state index in [1.807, 2.05) is 19.9 Å². The second-order valence-corrected chi connectivity index (χ2v) is 7.48. The number of nitrogens with zero attached hydrogens (tertiary/aromatic N) is 2. The Morgan fingerprint density at radius 2 is 1.93 bits per heavy atom. The number of carbonyl (C=O) groups excluding carboxylic acids is 2. The van der Waals surface area contributed by atoms with Crippen molar-refractivity contribution >= 4 is 17.5 Å². The summed E-state index contributed by atoms with van der Waals surface area (Å²) in [5.74, 6) is 0.828. The van der Waals surface area contributed by atoms with Crippen LogP contribution in [0.1, 0.15) is 35.5 Å². The predicted molar refractivity (Wildman–Crippen MR) is 109 cm³/mol. The Labute approximate surface area is 170 Å². The van der Waals surface area contributed by atoms with E-state index in [9.17, 15) is 9.59 Å². The van der Waals surface area contributed by atoms with Crippen molar-refractivity contribution in [3.8, 4) is 6.07 Å². The van der Waals surface area contributed by atoms with E-state index in [-0.39, 0.29) is 0 Å². The third kappa shape index (κ3) is 5.46. The molecule has 7 heteroatoms. The van der Waals surface area contributed by atoms with Gasteiger partial charge in [-0.15, -0.1) is 0 Å². The van der Waals surface area contributed by atoms with Gasteiger partial charge in [-0.05, 0) is 63.9 Å². The minimum absolute atomic E-state index is 0.323. The zero-order valence-corrected chi connectivity index (χ0v) is 16.8. The van der Waals surface area contributed by atoms with E-state index in [1.54, 1.807) is 24.3 Å². The molecule has 29 heavy (non-hydrogen) atoms. The molecule has 2 N–H and O–H groups in total. The first kappa shape index (κ1) is 20.6. The van der Waals surface area contributed by atoms with E-state index < -0.39 is 11.8 Å². The number of carbonyl (C=O) groups is 2. The molecule has 1 aliphatic rings. The van der Waals surface area contributed by atoms with Crippen molar-refractivity contribution < 1.29 is 14.0 Å². The van der Waals surface area contributed by atoms with Gasteiger partial charge in [0.05, 0.1) is 11.3 Å². The molecule has 7 nitrogen and oxygen atoms in total. The summed E-state index contributed by atoms with van der Waals surface area (Å²) in [6.07, 6.45) is 1.93. The zero-order valence-electron chi connectivity index (χ0n) is 16.8. The predicted octanol–water partition coefficient (Wildman–Crippen LogP) is 2.74. The van der Waals surface area contributed by atoms with Gasteiger partial charge in [0.2, 0.25) is 0 Å². The van der Waals surface area contributed by atoms with Crippen LogP contribution in [0.2, 0.25) is 0 Å². The fourth-order valence-electron chi connectivity index (χ4n) is 3.62. The van der Waals surface area contributed by atoms with E-state index >= 15 is 0 Å². The van der Waals surface area contributed by atoms with Crippen LogP contribution in [0.15, 0.2) is 34.7 Å². The molecule has 1 fully saturated rings. The molecule has 1 aliphatic heterocycles. The average Bonchev–Trinajstić information content (AvgIpc) is 3.04. The average molecular weight is 394 g/mol. The molecule has 0 unspecified atom stereocenters. The fraction of sp³-hybridized carbons (Fsp3) is 0.409. The molecule has 1 aromatic carbocycles. The monoisotopic (exact) mass is 394 g/mol. The molecule has 2 amide bonds. The van der Waals surface area contributed by atoms with Crippen LogP contribution in [0.3, 0.4) is 0 Å². The summed E-state index contributed by atoms with van der Waals surface area (Å²) < 4.78 is 5.59. The standard InChI is InChI=1S/C22H26N4O3/c1-15-11-19(16(2)29-15)14-26-9-7-17(8-10-26)13-24-21(27)22(28)25-20-6-4-3-5-18(20)12-23/h3-6,11,17H,7-10,13-14H2,1-2H3,(H,24,27)(H,25,28). The number of piperidine rings is 1. The van der Waals surface area contributed by atoms with Crippen LogP contribution in [0.5, 0.6) is 0 Å². The quantitative estimate of drug-likeness (QED) is 0.760. The topological polar surface area (TPSA) is 98.4 Å². The van der Waals surface area contributed by atoms with Crippen molar-refractivity contribution in [1.29, 1.82) is 5.26 Å². The number of hydrogen-bond donors (Lipinski definition) is 2. The molecule has 0 atom stereocenters. The van der Waals surface area contributed by atoms with Gasteiger partial charge in [-0.25, -0.2) is 0 Å². The molecule has 2 heterocycles. The summed E-state index contributed by atoms with van der Waals surface area (Å²) in [6.45, 7) is 7.20. The number of rotatable bonds is 5. The SMILES string of the molecule is Cc1cc(CN2CCC(CNC(=O)C(=O)Nc3ccccc3C#N)CC2)c(C)o1. The van der Waals surface area contributed by atoms with Crippen LogP contribution < -0.4 is 10.6 Å². The molecule has 1 aromatic heterocycles. The molecule has 0 spiro atoms. The highest BCUT2D eigenvalue weighted by Crippen LogP contribution is 2.21. The number of likely N-dealkylation sites (tertiary alicyclic amines) is 1. The van der Waals surface area contributed by atoms with Gasteiger partial charge in [-0.3, -0.25) is 14.5 Å². The maximum Gasteiger partial charge on any atom is 0.313 e. The van der Waals surface area contributed by atoms with Crippen molar-refractivity contribution in [2.24, 2.45) is 5.92 Å². The summed E-state index contributed by atoms with van der Waals surface area (Å²) in [5, 5.41) is 14.3. The fourth-order valence-corrected chi connectivity index (χ4v) is 3.62. The van der Waals surface area contributed by atoms with Gasteiger partial charge in [0.1, 0.15) is 17.6 Å². The summed E-state index contributed by atoms with van der Waals surface area (Å²) in [5.41, 5.74) is 1.89. The van der Waals surface area contributed by atoms with Crippen LogP contribution in [0.4, 0.5) is 5.69 Å². The highest BCUT2D eigenvalue weighted by atomic mass is 16.3. The van der Waals surface area contributed by atoms with E-state index in [0.717, 1.165) is 44.0 Å². The number of nitrogens with one attached hydrogen (secondary N) is 2. The van der Waals surface area contributed by atoms with E-state index in [4.69, 9.17) is 9.68 Å². The first-order chi connectivity index (χ1) is 14.0. The molecule has 0 bridgehead atoms. The molecule has 3 rings (SSSR count). The molecule has 0 radical (unpaired) electrons. The van der Waals surface area contributed by atoms with Gasteiger partial charge in [-0.1, -0.05) is 12.1 Å². The Bertz CT molecular complexity index is 920. The van der Waals surface area contributed by atoms with Crippen molar-refractivity contribution in [2.75, 3.05) is 25.0 Å². The number of anilines is 1. The molecule has 0 aliphatic carbocycles. The Hall–Kier alpha value is -3.11. The maximum absolute atomic E-state index is 12.1. The van der Waals surface area contributed by atoms with Crippen molar-refractivity contribution in [2.45, 2.75) is 33.2 Å². The van der Waals surface area contributed by atoms with Gasteiger partial charge < -0.3 is 15.1 Å². The number of hydrogen-bond acceptors (Lipinski definition) is 5. The normalized spacial score (nSPS) is 14.9. The number of benzene rings is 1. The van der Waals surface area contributed by atoms with Crippen LogP contribution in [-0.4, -0.2) is 36.3 Å². The summed E-state index contributed by atoms with van der Waals surface area (Å²) in [4.78, 5) is 26.6. The molecule has 0 saturated carbocycles. The van der Waals surface area contributed by atoms with E-state index in [0.29, 0.717) is 23.7 Å².